The van der Waals surface area contributed by atoms with E-state index in [1.807, 2.05) is 0 Å². The summed E-state index contributed by atoms with van der Waals surface area (Å²) in [5.41, 5.74) is 0.578. The van der Waals surface area contributed by atoms with Crippen molar-refractivity contribution in [1.29, 1.82) is 0 Å². The van der Waals surface area contributed by atoms with Gasteiger partial charge in [0.05, 0.1) is 12.3 Å². The molecule has 0 radical (unpaired) electrons. The third-order valence-electron chi connectivity index (χ3n) is 4.19. The fourth-order valence-corrected chi connectivity index (χ4v) is 3.11. The highest BCUT2D eigenvalue weighted by molar-refractivity contribution is 5.15. The maximum atomic E-state index is 13.2. The number of nitrogens with zero attached hydrogens (tertiary/aromatic N) is 2. The predicted octanol–water partition coefficient (Wildman–Crippen LogP) is 3.16. The summed E-state index contributed by atoms with van der Waals surface area (Å²) in [5.74, 6) is -0.389. The van der Waals surface area contributed by atoms with Crippen LogP contribution in [0.3, 0.4) is 0 Å². The highest BCUT2D eigenvalue weighted by Gasteiger charge is 2.32. The number of aliphatic hydroxyl groups is 1. The quantitative estimate of drug-likeness (QED) is 0.866. The van der Waals surface area contributed by atoms with Crippen LogP contribution in [0.15, 0.2) is 18.5 Å². The fourth-order valence-electron chi connectivity index (χ4n) is 3.11. The molecule has 0 aliphatic carbocycles. The Balaban J connectivity index is 0.00000106. The van der Waals surface area contributed by atoms with E-state index in [1.54, 1.807) is 6.20 Å². The Morgan fingerprint density at radius 1 is 1.43 bits per heavy atom. The highest BCUT2D eigenvalue weighted by Crippen LogP contribution is 2.32. The SMILES string of the molecule is C#C.CCCC1CCCC(C(O)c2cncc(F)c2)N1C. The molecule has 1 saturated heterocycles. The number of halogens is 1. The first kappa shape index (κ1) is 17.6. The lowest BCUT2D eigenvalue weighted by Crippen LogP contribution is -2.46. The van der Waals surface area contributed by atoms with E-state index in [-0.39, 0.29) is 11.9 Å². The van der Waals surface area contributed by atoms with Crippen molar-refractivity contribution in [3.05, 3.63) is 29.8 Å². The molecule has 2 heterocycles. The third kappa shape index (κ3) is 4.52. The van der Waals surface area contributed by atoms with Gasteiger partial charge in [-0.2, -0.15) is 0 Å². The van der Waals surface area contributed by atoms with Crippen LogP contribution in [0, 0.1) is 18.7 Å². The number of likely N-dealkylation sites (N-methyl/N-ethyl adjacent to an activating group) is 1. The Bertz CT molecular complexity index is 447. The second-order valence-corrected chi connectivity index (χ2v) is 5.49. The van der Waals surface area contributed by atoms with Gasteiger partial charge < -0.3 is 5.11 Å². The van der Waals surface area contributed by atoms with Crippen molar-refractivity contribution >= 4 is 0 Å². The van der Waals surface area contributed by atoms with Crippen molar-refractivity contribution in [2.45, 2.75) is 57.2 Å². The van der Waals surface area contributed by atoms with Crippen LogP contribution in [0.2, 0.25) is 0 Å². The molecule has 3 unspecified atom stereocenters. The summed E-state index contributed by atoms with van der Waals surface area (Å²) in [5, 5.41) is 10.5. The molecule has 0 bridgehead atoms. The monoisotopic (exact) mass is 292 g/mol. The molecule has 0 saturated carbocycles. The Labute approximate surface area is 127 Å². The number of terminal acetylenes is 1. The van der Waals surface area contributed by atoms with Crippen LogP contribution >= 0.6 is 0 Å². The van der Waals surface area contributed by atoms with Crippen LogP contribution < -0.4 is 0 Å². The van der Waals surface area contributed by atoms with Crippen LogP contribution in [0.1, 0.15) is 50.7 Å². The molecule has 1 aliphatic rings. The Morgan fingerprint density at radius 2 is 2.14 bits per heavy atom. The summed E-state index contributed by atoms with van der Waals surface area (Å²) in [6.07, 6.45) is 15.6. The Morgan fingerprint density at radius 3 is 2.76 bits per heavy atom. The number of hydrogen-bond donors (Lipinski definition) is 1. The minimum absolute atomic E-state index is 0.0638. The van der Waals surface area contributed by atoms with Gasteiger partial charge in [-0.25, -0.2) is 4.39 Å². The third-order valence-corrected chi connectivity index (χ3v) is 4.19. The van der Waals surface area contributed by atoms with Crippen molar-refractivity contribution in [1.82, 2.24) is 9.88 Å². The smallest absolute Gasteiger partial charge is 0.141 e. The van der Waals surface area contributed by atoms with Gasteiger partial charge in [0.2, 0.25) is 0 Å². The summed E-state index contributed by atoms with van der Waals surface area (Å²) >= 11 is 0. The van der Waals surface area contributed by atoms with Gasteiger partial charge in [0.25, 0.3) is 0 Å². The number of piperidine rings is 1. The molecule has 21 heavy (non-hydrogen) atoms. The molecular formula is C17H25FN2O. The maximum absolute atomic E-state index is 13.2. The van der Waals surface area contributed by atoms with Crippen LogP contribution in [0.5, 0.6) is 0 Å². The molecule has 3 atom stereocenters. The fraction of sp³-hybridized carbons (Fsp3) is 0.588. The molecule has 2 rings (SSSR count). The predicted molar refractivity (Wildman–Crippen MR) is 83.1 cm³/mol. The van der Waals surface area contributed by atoms with E-state index in [9.17, 15) is 9.50 Å². The molecule has 0 spiro atoms. The van der Waals surface area contributed by atoms with E-state index >= 15 is 0 Å². The lowest BCUT2D eigenvalue weighted by molar-refractivity contribution is 0.00779. The maximum Gasteiger partial charge on any atom is 0.141 e. The normalized spacial score (nSPS) is 23.9. The van der Waals surface area contributed by atoms with Gasteiger partial charge in [0.1, 0.15) is 5.82 Å². The summed E-state index contributed by atoms with van der Waals surface area (Å²) in [6.45, 7) is 2.18. The minimum Gasteiger partial charge on any atom is -0.387 e. The van der Waals surface area contributed by atoms with Gasteiger partial charge in [-0.05, 0) is 32.4 Å². The Hall–Kier alpha value is -1.44. The molecule has 0 aromatic carbocycles. The van der Waals surface area contributed by atoms with Gasteiger partial charge in [-0.15, -0.1) is 12.8 Å². The van der Waals surface area contributed by atoms with E-state index in [4.69, 9.17) is 0 Å². The van der Waals surface area contributed by atoms with Crippen LogP contribution in [0.25, 0.3) is 0 Å². The number of rotatable bonds is 4. The first-order valence-corrected chi connectivity index (χ1v) is 7.47. The number of pyridine rings is 1. The summed E-state index contributed by atoms with van der Waals surface area (Å²) < 4.78 is 13.2. The number of aliphatic hydroxyl groups excluding tert-OH is 1. The first-order chi connectivity index (χ1) is 10.1. The standard InChI is InChI=1S/C15H23FN2O.C2H2/c1-3-5-13-6-4-7-14(18(13)2)15(19)11-8-12(16)10-17-9-11;1-2/h8-10,13-15,19H,3-7H2,1-2H3;1-2H. The molecule has 1 aliphatic heterocycles. The zero-order valence-electron chi connectivity index (χ0n) is 12.9. The largest absolute Gasteiger partial charge is 0.387 e. The molecule has 116 valence electrons. The van der Waals surface area contributed by atoms with E-state index < -0.39 is 6.10 Å². The number of hydrogen-bond acceptors (Lipinski definition) is 3. The van der Waals surface area contributed by atoms with Crippen LogP contribution in [-0.4, -0.2) is 34.1 Å². The molecule has 1 aromatic heterocycles. The Kier molecular flexibility index (Phi) is 7.35. The molecule has 4 heteroatoms. The van der Waals surface area contributed by atoms with Crippen molar-refractivity contribution in [3.63, 3.8) is 0 Å². The van der Waals surface area contributed by atoms with Gasteiger partial charge in [-0.1, -0.05) is 19.8 Å². The van der Waals surface area contributed by atoms with Gasteiger partial charge in [-0.3, -0.25) is 9.88 Å². The van der Waals surface area contributed by atoms with E-state index in [1.165, 1.54) is 18.7 Å². The molecular weight excluding hydrogens is 267 g/mol. The minimum atomic E-state index is -0.659. The van der Waals surface area contributed by atoms with Crippen LogP contribution in [-0.2, 0) is 0 Å². The topological polar surface area (TPSA) is 36.4 Å². The van der Waals surface area contributed by atoms with Crippen molar-refractivity contribution in [2.24, 2.45) is 0 Å². The first-order valence-electron chi connectivity index (χ1n) is 7.47. The van der Waals surface area contributed by atoms with Gasteiger partial charge in [0, 0.05) is 23.8 Å². The lowest BCUT2D eigenvalue weighted by Gasteiger charge is -2.42. The average molecular weight is 292 g/mol. The van der Waals surface area contributed by atoms with Gasteiger partial charge >= 0.3 is 0 Å². The van der Waals surface area contributed by atoms with E-state index in [2.05, 4.69) is 36.7 Å². The number of aromatic nitrogens is 1. The summed E-state index contributed by atoms with van der Waals surface area (Å²) in [7, 11) is 2.07. The highest BCUT2D eigenvalue weighted by atomic mass is 19.1. The zero-order chi connectivity index (χ0) is 15.8. The van der Waals surface area contributed by atoms with Gasteiger partial charge in [0.15, 0.2) is 0 Å². The molecule has 1 N–H and O–H groups in total. The molecule has 0 amide bonds. The van der Waals surface area contributed by atoms with Crippen molar-refractivity contribution in [2.75, 3.05) is 7.05 Å². The zero-order valence-corrected chi connectivity index (χ0v) is 12.9. The molecule has 3 nitrogen and oxygen atoms in total. The second-order valence-electron chi connectivity index (χ2n) is 5.49. The van der Waals surface area contributed by atoms with Crippen molar-refractivity contribution in [3.8, 4) is 12.8 Å². The summed E-state index contributed by atoms with van der Waals surface area (Å²) in [6, 6.07) is 1.98. The molecule has 1 fully saturated rings. The van der Waals surface area contributed by atoms with Crippen LogP contribution in [0.4, 0.5) is 4.39 Å². The van der Waals surface area contributed by atoms with E-state index in [0.29, 0.717) is 11.6 Å². The number of likely N-dealkylation sites (tertiary alicyclic amines) is 1. The van der Waals surface area contributed by atoms with Crippen molar-refractivity contribution < 1.29 is 9.50 Å². The molecule has 1 aromatic rings. The van der Waals surface area contributed by atoms with E-state index in [0.717, 1.165) is 25.7 Å². The second kappa shape index (κ2) is 8.76. The average Bonchev–Trinajstić information content (AvgIpc) is 2.51. The summed E-state index contributed by atoms with van der Waals surface area (Å²) in [4.78, 5) is 6.09. The lowest BCUT2D eigenvalue weighted by atomic mass is 9.89.